The number of nitrogens with zero attached hydrogens (tertiary/aromatic N) is 3. The van der Waals surface area contributed by atoms with Crippen LogP contribution in [0.5, 0.6) is 0 Å². The monoisotopic (exact) mass is 239 g/mol. The second-order valence-electron chi connectivity index (χ2n) is 4.01. The summed E-state index contributed by atoms with van der Waals surface area (Å²) in [6, 6.07) is 0.273. The topological polar surface area (TPSA) is 57.0 Å². The Kier molecular flexibility index (Phi) is 5.12. The fourth-order valence-electron chi connectivity index (χ4n) is 1.99. The molecule has 1 aromatic heterocycles. The number of hydrogen-bond acceptors (Lipinski definition) is 4. The van der Waals surface area contributed by atoms with Crippen LogP contribution in [-0.2, 0) is 4.74 Å². The van der Waals surface area contributed by atoms with Gasteiger partial charge in [0.25, 0.3) is 0 Å². The highest BCUT2D eigenvalue weighted by Crippen LogP contribution is 2.21. The van der Waals surface area contributed by atoms with E-state index in [4.69, 9.17) is 4.74 Å². The minimum absolute atomic E-state index is 0.273. The van der Waals surface area contributed by atoms with E-state index in [2.05, 4.69) is 24.0 Å². The van der Waals surface area contributed by atoms with Crippen LogP contribution in [0.15, 0.2) is 0 Å². The van der Waals surface area contributed by atoms with Gasteiger partial charge in [-0.05, 0) is 26.7 Å². The van der Waals surface area contributed by atoms with E-state index in [0.29, 0.717) is 12.4 Å². The minimum Gasteiger partial charge on any atom is -0.460 e. The molecule has 0 saturated heterocycles. The highest BCUT2D eigenvalue weighted by Gasteiger charge is 2.22. The van der Waals surface area contributed by atoms with Crippen molar-refractivity contribution in [3.05, 3.63) is 11.6 Å². The summed E-state index contributed by atoms with van der Waals surface area (Å²) in [5.41, 5.74) is 0. The molecule has 0 radical (unpaired) electrons. The van der Waals surface area contributed by atoms with Crippen molar-refractivity contribution in [3.8, 4) is 0 Å². The number of aryl methyl sites for hydroxylation is 1. The molecule has 0 aliphatic carbocycles. The first-order valence-electron chi connectivity index (χ1n) is 6.24. The van der Waals surface area contributed by atoms with Crippen LogP contribution in [0.2, 0.25) is 0 Å². The van der Waals surface area contributed by atoms with Crippen molar-refractivity contribution in [2.45, 2.75) is 53.0 Å². The molecule has 1 unspecified atom stereocenters. The van der Waals surface area contributed by atoms with Crippen molar-refractivity contribution in [2.75, 3.05) is 6.61 Å². The van der Waals surface area contributed by atoms with Crippen molar-refractivity contribution >= 4 is 5.97 Å². The van der Waals surface area contributed by atoms with E-state index in [1.54, 1.807) is 6.92 Å². The lowest BCUT2D eigenvalue weighted by Gasteiger charge is -2.18. The van der Waals surface area contributed by atoms with E-state index >= 15 is 0 Å². The van der Waals surface area contributed by atoms with Gasteiger partial charge in [-0.1, -0.05) is 20.3 Å². The van der Waals surface area contributed by atoms with Crippen LogP contribution in [0.25, 0.3) is 0 Å². The van der Waals surface area contributed by atoms with Gasteiger partial charge in [0, 0.05) is 6.04 Å². The molecule has 5 heteroatoms. The van der Waals surface area contributed by atoms with Gasteiger partial charge in [0.2, 0.25) is 5.82 Å². The van der Waals surface area contributed by atoms with Gasteiger partial charge in [0.15, 0.2) is 0 Å². The molecule has 1 atom stereocenters. The Morgan fingerprint density at radius 3 is 2.59 bits per heavy atom. The zero-order valence-corrected chi connectivity index (χ0v) is 11.1. The van der Waals surface area contributed by atoms with Gasteiger partial charge < -0.3 is 9.30 Å². The highest BCUT2D eigenvalue weighted by molar-refractivity contribution is 5.85. The Bertz CT molecular complexity index is 374. The fraction of sp³-hybridized carbons (Fsp3) is 0.750. The molecule has 96 valence electrons. The molecule has 0 aliphatic heterocycles. The number of ether oxygens (including phenoxy) is 1. The quantitative estimate of drug-likeness (QED) is 0.716. The molecule has 0 fully saturated rings. The largest absolute Gasteiger partial charge is 0.460 e. The Hall–Kier alpha value is -1.39. The van der Waals surface area contributed by atoms with Crippen LogP contribution in [0.1, 0.15) is 62.5 Å². The lowest BCUT2D eigenvalue weighted by Crippen LogP contribution is -2.18. The summed E-state index contributed by atoms with van der Waals surface area (Å²) in [7, 11) is 0. The molecule has 0 aliphatic rings. The van der Waals surface area contributed by atoms with Crippen molar-refractivity contribution < 1.29 is 9.53 Å². The highest BCUT2D eigenvalue weighted by atomic mass is 16.5. The second kappa shape index (κ2) is 6.37. The van der Waals surface area contributed by atoms with Crippen LogP contribution >= 0.6 is 0 Å². The van der Waals surface area contributed by atoms with Crippen molar-refractivity contribution in [3.63, 3.8) is 0 Å². The van der Waals surface area contributed by atoms with Gasteiger partial charge in [0.1, 0.15) is 5.82 Å². The Balaban J connectivity index is 3.03. The molecular formula is C12H21N3O2. The standard InChI is InChI=1S/C12H21N3O2/c1-5-8-10(6-2)15-9(4)13-14-11(15)12(16)17-7-3/h10H,5-8H2,1-4H3. The van der Waals surface area contributed by atoms with Crippen LogP contribution in [0.3, 0.4) is 0 Å². The zero-order chi connectivity index (χ0) is 12.8. The Morgan fingerprint density at radius 2 is 2.06 bits per heavy atom. The van der Waals surface area contributed by atoms with Crippen LogP contribution in [0, 0.1) is 6.92 Å². The van der Waals surface area contributed by atoms with Crippen LogP contribution in [0.4, 0.5) is 0 Å². The number of carbonyl (C=O) groups is 1. The minimum atomic E-state index is -0.386. The molecule has 17 heavy (non-hydrogen) atoms. The van der Waals surface area contributed by atoms with E-state index < -0.39 is 0 Å². The van der Waals surface area contributed by atoms with Crippen molar-refractivity contribution in [1.82, 2.24) is 14.8 Å². The maximum Gasteiger partial charge on any atom is 0.376 e. The summed E-state index contributed by atoms with van der Waals surface area (Å²) in [5, 5.41) is 7.91. The summed E-state index contributed by atoms with van der Waals surface area (Å²) in [6.07, 6.45) is 3.04. The van der Waals surface area contributed by atoms with Gasteiger partial charge in [-0.2, -0.15) is 0 Å². The first-order chi connectivity index (χ1) is 8.15. The molecule has 0 bridgehead atoms. The lowest BCUT2D eigenvalue weighted by atomic mass is 10.1. The number of aromatic nitrogens is 3. The summed E-state index contributed by atoms with van der Waals surface area (Å²) in [5.74, 6) is 0.709. The predicted molar refractivity (Wildman–Crippen MR) is 65.0 cm³/mol. The maximum atomic E-state index is 11.8. The van der Waals surface area contributed by atoms with Crippen LogP contribution < -0.4 is 0 Å². The smallest absolute Gasteiger partial charge is 0.376 e. The summed E-state index contributed by atoms with van der Waals surface area (Å²) >= 11 is 0. The Labute approximate surface area is 102 Å². The number of esters is 1. The molecule has 0 N–H and O–H groups in total. The van der Waals surface area contributed by atoms with E-state index in [1.807, 2.05) is 11.5 Å². The summed E-state index contributed by atoms with van der Waals surface area (Å²) in [4.78, 5) is 11.8. The van der Waals surface area contributed by atoms with Crippen molar-refractivity contribution in [2.24, 2.45) is 0 Å². The second-order valence-corrected chi connectivity index (χ2v) is 4.01. The molecular weight excluding hydrogens is 218 g/mol. The summed E-state index contributed by atoms with van der Waals surface area (Å²) in [6.45, 7) is 8.25. The molecule has 0 spiro atoms. The third-order valence-electron chi connectivity index (χ3n) is 2.78. The van der Waals surface area contributed by atoms with Gasteiger partial charge in [-0.3, -0.25) is 0 Å². The molecule has 0 aromatic carbocycles. The molecule has 1 rings (SSSR count). The number of rotatable bonds is 6. The first-order valence-corrected chi connectivity index (χ1v) is 6.24. The van der Waals surface area contributed by atoms with E-state index in [9.17, 15) is 4.79 Å². The normalized spacial score (nSPS) is 12.5. The summed E-state index contributed by atoms with van der Waals surface area (Å²) < 4.78 is 6.90. The van der Waals surface area contributed by atoms with Gasteiger partial charge in [-0.25, -0.2) is 4.79 Å². The fourth-order valence-corrected chi connectivity index (χ4v) is 1.99. The lowest BCUT2D eigenvalue weighted by molar-refractivity contribution is 0.0502. The molecule has 1 aromatic rings. The average molecular weight is 239 g/mol. The van der Waals surface area contributed by atoms with E-state index in [0.717, 1.165) is 25.1 Å². The van der Waals surface area contributed by atoms with E-state index in [-0.39, 0.29) is 12.0 Å². The maximum absolute atomic E-state index is 11.8. The van der Waals surface area contributed by atoms with Gasteiger partial charge >= 0.3 is 5.97 Å². The molecule has 0 amide bonds. The van der Waals surface area contributed by atoms with Gasteiger partial charge in [-0.15, -0.1) is 10.2 Å². The molecule has 1 heterocycles. The average Bonchev–Trinajstić information content (AvgIpc) is 2.68. The third-order valence-corrected chi connectivity index (χ3v) is 2.78. The van der Waals surface area contributed by atoms with E-state index in [1.165, 1.54) is 0 Å². The van der Waals surface area contributed by atoms with Crippen LogP contribution in [-0.4, -0.2) is 27.3 Å². The molecule has 0 saturated carbocycles. The number of hydrogen-bond donors (Lipinski definition) is 0. The van der Waals surface area contributed by atoms with Gasteiger partial charge in [0.05, 0.1) is 6.61 Å². The Morgan fingerprint density at radius 1 is 1.35 bits per heavy atom. The third kappa shape index (κ3) is 3.05. The predicted octanol–water partition coefficient (Wildman–Crippen LogP) is 2.51. The first kappa shape index (κ1) is 13.7. The zero-order valence-electron chi connectivity index (χ0n) is 11.1. The SMILES string of the molecule is CCCC(CC)n1c(C)nnc1C(=O)OCC. The molecule has 5 nitrogen and oxygen atoms in total. The van der Waals surface area contributed by atoms with Crippen molar-refractivity contribution in [1.29, 1.82) is 0 Å². The number of carbonyl (C=O) groups excluding carboxylic acids is 1.